The van der Waals surface area contributed by atoms with Crippen LogP contribution in [0.5, 0.6) is 0 Å². The Morgan fingerprint density at radius 3 is 2.89 bits per heavy atom. The molecule has 0 radical (unpaired) electrons. The third-order valence-corrected chi connectivity index (χ3v) is 4.55. The molecule has 0 saturated heterocycles. The number of hydrogen-bond acceptors (Lipinski definition) is 2. The molecule has 0 spiro atoms. The number of carbonyl (C=O) groups excluding carboxylic acids is 1. The lowest BCUT2D eigenvalue weighted by atomic mass is 10.00. The van der Waals surface area contributed by atoms with Gasteiger partial charge >= 0.3 is 0 Å². The molecule has 2 aromatic carbocycles. The Balaban J connectivity index is 1.93. The number of carbonyl (C=O) groups is 1. The molecule has 0 bridgehead atoms. The van der Waals surface area contributed by atoms with Crippen molar-refractivity contribution in [3.05, 3.63) is 59.0 Å². The minimum Gasteiger partial charge on any atom is -0.348 e. The Labute approximate surface area is 114 Å². The summed E-state index contributed by atoms with van der Waals surface area (Å²) in [4.78, 5) is 11.7. The highest BCUT2D eigenvalue weighted by molar-refractivity contribution is 7.17. The van der Waals surface area contributed by atoms with Gasteiger partial charge < -0.3 is 5.32 Å². The van der Waals surface area contributed by atoms with E-state index in [0.29, 0.717) is 6.54 Å². The molecule has 1 N–H and O–H groups in total. The van der Waals surface area contributed by atoms with Gasteiger partial charge in [0.1, 0.15) is 0 Å². The largest absolute Gasteiger partial charge is 0.348 e. The predicted molar refractivity (Wildman–Crippen MR) is 78.4 cm³/mol. The number of rotatable bonds is 1. The van der Waals surface area contributed by atoms with Gasteiger partial charge in [0.05, 0.1) is 0 Å². The maximum atomic E-state index is 11.7. The quantitative estimate of drug-likeness (QED) is 0.712. The molecule has 2 heterocycles. The van der Waals surface area contributed by atoms with Gasteiger partial charge in [-0.2, -0.15) is 0 Å². The first-order valence-electron chi connectivity index (χ1n) is 6.21. The maximum absolute atomic E-state index is 11.7. The van der Waals surface area contributed by atoms with Crippen molar-refractivity contribution in [1.82, 2.24) is 5.32 Å². The van der Waals surface area contributed by atoms with Crippen molar-refractivity contribution >= 4 is 27.3 Å². The van der Waals surface area contributed by atoms with Crippen molar-refractivity contribution < 1.29 is 4.79 Å². The number of benzene rings is 2. The van der Waals surface area contributed by atoms with Crippen LogP contribution in [0.15, 0.2) is 47.8 Å². The smallest absolute Gasteiger partial charge is 0.251 e. The van der Waals surface area contributed by atoms with Gasteiger partial charge in [-0.25, -0.2) is 0 Å². The van der Waals surface area contributed by atoms with Gasteiger partial charge in [0.25, 0.3) is 5.91 Å². The summed E-state index contributed by atoms with van der Waals surface area (Å²) in [6, 6.07) is 14.5. The summed E-state index contributed by atoms with van der Waals surface area (Å²) in [6.45, 7) is 0.652. The normalized spacial score (nSPS) is 13.6. The highest BCUT2D eigenvalue weighted by Gasteiger charge is 2.19. The first-order chi connectivity index (χ1) is 9.33. The van der Waals surface area contributed by atoms with E-state index in [2.05, 4.69) is 47.1 Å². The summed E-state index contributed by atoms with van der Waals surface area (Å²) in [6.07, 6.45) is 0. The van der Waals surface area contributed by atoms with Crippen LogP contribution >= 0.6 is 11.3 Å². The second-order valence-corrected chi connectivity index (χ2v) is 5.61. The average Bonchev–Trinajstić information content (AvgIpc) is 3.03. The van der Waals surface area contributed by atoms with Gasteiger partial charge in [0.15, 0.2) is 0 Å². The summed E-state index contributed by atoms with van der Waals surface area (Å²) in [5.74, 6) is 0.0383. The highest BCUT2D eigenvalue weighted by Crippen LogP contribution is 2.35. The molecule has 0 aliphatic carbocycles. The van der Waals surface area contributed by atoms with E-state index in [0.717, 1.165) is 16.7 Å². The van der Waals surface area contributed by atoms with E-state index in [1.807, 2.05) is 6.07 Å². The molecule has 0 fully saturated rings. The summed E-state index contributed by atoms with van der Waals surface area (Å²) in [5, 5.41) is 6.28. The molecule has 1 amide bonds. The van der Waals surface area contributed by atoms with Crippen LogP contribution in [-0.2, 0) is 6.54 Å². The summed E-state index contributed by atoms with van der Waals surface area (Å²) >= 11 is 1.74. The average molecular weight is 265 g/mol. The van der Waals surface area contributed by atoms with Crippen molar-refractivity contribution in [2.24, 2.45) is 0 Å². The Hall–Kier alpha value is -2.13. The molecule has 19 heavy (non-hydrogen) atoms. The Bertz CT molecular complexity index is 803. The van der Waals surface area contributed by atoms with Crippen LogP contribution in [0.3, 0.4) is 0 Å². The van der Waals surface area contributed by atoms with Gasteiger partial charge in [-0.1, -0.05) is 30.3 Å². The van der Waals surface area contributed by atoms with Gasteiger partial charge in [-0.3, -0.25) is 4.79 Å². The minimum atomic E-state index is 0.0383. The van der Waals surface area contributed by atoms with Crippen molar-refractivity contribution in [3.63, 3.8) is 0 Å². The van der Waals surface area contributed by atoms with E-state index < -0.39 is 0 Å². The molecule has 1 aliphatic rings. The van der Waals surface area contributed by atoms with Crippen LogP contribution in [-0.4, -0.2) is 5.91 Å². The standard InChI is InChI=1S/C16H11NOS/c18-16-13-7-10(5-6-11(13)8-17-16)14-9-19-15-4-2-1-3-12(14)15/h1-7,9H,8H2,(H,17,18). The lowest BCUT2D eigenvalue weighted by Gasteiger charge is -2.02. The van der Waals surface area contributed by atoms with Crippen molar-refractivity contribution in [3.8, 4) is 11.1 Å². The maximum Gasteiger partial charge on any atom is 0.251 e. The predicted octanol–water partition coefficient (Wildman–Crippen LogP) is 3.81. The third-order valence-electron chi connectivity index (χ3n) is 3.59. The Morgan fingerprint density at radius 2 is 1.95 bits per heavy atom. The summed E-state index contributed by atoms with van der Waals surface area (Å²) in [7, 11) is 0. The number of nitrogens with one attached hydrogen (secondary N) is 1. The van der Waals surface area contributed by atoms with Gasteiger partial charge in [-0.15, -0.1) is 11.3 Å². The van der Waals surface area contributed by atoms with Crippen molar-refractivity contribution in [2.45, 2.75) is 6.54 Å². The summed E-state index contributed by atoms with van der Waals surface area (Å²) in [5.41, 5.74) is 4.23. The molecular formula is C16H11NOS. The lowest BCUT2D eigenvalue weighted by molar-refractivity contribution is 0.0966. The molecule has 3 aromatic rings. The number of amides is 1. The number of thiophene rings is 1. The second kappa shape index (κ2) is 3.93. The van der Waals surface area contributed by atoms with Crippen LogP contribution < -0.4 is 5.32 Å². The van der Waals surface area contributed by atoms with Gasteiger partial charge in [0.2, 0.25) is 0 Å². The van der Waals surface area contributed by atoms with Crippen LogP contribution in [0.4, 0.5) is 0 Å². The second-order valence-electron chi connectivity index (χ2n) is 4.70. The van der Waals surface area contributed by atoms with E-state index in [9.17, 15) is 4.79 Å². The fourth-order valence-corrected chi connectivity index (χ4v) is 3.55. The SMILES string of the molecule is O=C1NCc2ccc(-c3csc4ccccc34)cc21. The molecule has 0 unspecified atom stereocenters. The Kier molecular flexibility index (Phi) is 2.23. The molecule has 2 nitrogen and oxygen atoms in total. The van der Waals surface area contributed by atoms with E-state index in [-0.39, 0.29) is 5.91 Å². The fraction of sp³-hybridized carbons (Fsp3) is 0.0625. The monoisotopic (exact) mass is 265 g/mol. The van der Waals surface area contributed by atoms with E-state index in [1.54, 1.807) is 11.3 Å². The molecule has 1 aliphatic heterocycles. The van der Waals surface area contributed by atoms with Crippen LogP contribution in [0.1, 0.15) is 15.9 Å². The van der Waals surface area contributed by atoms with Crippen molar-refractivity contribution in [1.29, 1.82) is 0 Å². The molecular weight excluding hydrogens is 254 g/mol. The molecule has 3 heteroatoms. The molecule has 4 rings (SSSR count). The lowest BCUT2D eigenvalue weighted by Crippen LogP contribution is -2.12. The molecule has 0 atom stereocenters. The Morgan fingerprint density at radius 1 is 1.05 bits per heavy atom. The molecule has 0 saturated carbocycles. The molecule has 1 aromatic heterocycles. The first kappa shape index (κ1) is 10.8. The van der Waals surface area contributed by atoms with E-state index >= 15 is 0 Å². The first-order valence-corrected chi connectivity index (χ1v) is 7.08. The highest BCUT2D eigenvalue weighted by atomic mass is 32.1. The van der Waals surface area contributed by atoms with E-state index in [4.69, 9.17) is 0 Å². The number of fused-ring (bicyclic) bond motifs is 2. The van der Waals surface area contributed by atoms with E-state index in [1.165, 1.54) is 15.6 Å². The summed E-state index contributed by atoms with van der Waals surface area (Å²) < 4.78 is 1.28. The van der Waals surface area contributed by atoms with Crippen molar-refractivity contribution in [2.75, 3.05) is 0 Å². The number of hydrogen-bond donors (Lipinski definition) is 1. The zero-order valence-corrected chi connectivity index (χ0v) is 11.0. The van der Waals surface area contributed by atoms with Gasteiger partial charge in [0, 0.05) is 27.8 Å². The zero-order chi connectivity index (χ0) is 12.8. The van der Waals surface area contributed by atoms with Gasteiger partial charge in [-0.05, 0) is 28.6 Å². The zero-order valence-electron chi connectivity index (χ0n) is 10.1. The fourth-order valence-electron chi connectivity index (χ4n) is 2.58. The third kappa shape index (κ3) is 1.59. The van der Waals surface area contributed by atoms with Crippen LogP contribution in [0.2, 0.25) is 0 Å². The molecule has 92 valence electrons. The topological polar surface area (TPSA) is 29.1 Å². The van der Waals surface area contributed by atoms with Crippen LogP contribution in [0, 0.1) is 0 Å². The van der Waals surface area contributed by atoms with Crippen LogP contribution in [0.25, 0.3) is 21.2 Å². The minimum absolute atomic E-state index is 0.0383.